The van der Waals surface area contributed by atoms with Crippen LogP contribution in [0, 0.1) is 0 Å². The number of ether oxygens (including phenoxy) is 3. The number of nitrogens with one attached hydrogen (secondary N) is 1. The van der Waals surface area contributed by atoms with Gasteiger partial charge in [-0.3, -0.25) is 24.6 Å². The van der Waals surface area contributed by atoms with Gasteiger partial charge in [0.1, 0.15) is 11.6 Å². The van der Waals surface area contributed by atoms with Crippen LogP contribution < -0.4 is 24.4 Å². The van der Waals surface area contributed by atoms with Crippen LogP contribution in [0.2, 0.25) is 0 Å². The maximum Gasteiger partial charge on any atom is 0.300 e. The standard InChI is InChI=1S/C17H18N4O6S/c1-5-11-19-20-17(28-11)18-10(22)7-21-8-6-9(25-2)14(26-3)15(27-4)12(8)13(23)16(21)24/h6H,5,7H2,1-4H3,(H,18,20,22). The molecule has 0 atom stereocenters. The Kier molecular flexibility index (Phi) is 5.45. The molecule has 148 valence electrons. The third-order valence-corrected chi connectivity index (χ3v) is 5.07. The summed E-state index contributed by atoms with van der Waals surface area (Å²) in [5.41, 5.74) is 0.244. The van der Waals surface area contributed by atoms with E-state index in [2.05, 4.69) is 15.5 Å². The molecule has 1 aromatic heterocycles. The zero-order valence-electron chi connectivity index (χ0n) is 15.7. The number of nitrogens with zero attached hydrogens (tertiary/aromatic N) is 3. The lowest BCUT2D eigenvalue weighted by Crippen LogP contribution is -2.37. The van der Waals surface area contributed by atoms with Crippen LogP contribution in [-0.4, -0.2) is 55.7 Å². The minimum atomic E-state index is -0.842. The molecule has 1 aliphatic heterocycles. The van der Waals surface area contributed by atoms with Gasteiger partial charge in [0.15, 0.2) is 11.5 Å². The molecule has 0 unspecified atom stereocenters. The van der Waals surface area contributed by atoms with Crippen LogP contribution >= 0.6 is 11.3 Å². The topological polar surface area (TPSA) is 120 Å². The summed E-state index contributed by atoms with van der Waals surface area (Å²) in [6, 6.07) is 1.47. The van der Waals surface area contributed by atoms with Crippen molar-refractivity contribution in [2.45, 2.75) is 13.3 Å². The third-order valence-electron chi connectivity index (χ3n) is 4.08. The lowest BCUT2D eigenvalue weighted by atomic mass is 10.1. The smallest absolute Gasteiger partial charge is 0.300 e. The summed E-state index contributed by atoms with van der Waals surface area (Å²) >= 11 is 1.24. The highest BCUT2D eigenvalue weighted by molar-refractivity contribution is 7.15. The van der Waals surface area contributed by atoms with Crippen molar-refractivity contribution in [2.24, 2.45) is 0 Å². The Labute approximate surface area is 164 Å². The normalized spacial score (nSPS) is 12.8. The SMILES string of the molecule is CCc1nnc(NC(=O)CN2C(=O)C(=O)c3c2cc(OC)c(OC)c3OC)s1. The van der Waals surface area contributed by atoms with Gasteiger partial charge in [0.25, 0.3) is 11.7 Å². The number of hydrogen-bond acceptors (Lipinski definition) is 9. The minimum Gasteiger partial charge on any atom is -0.493 e. The number of anilines is 2. The number of carbonyl (C=O) groups excluding carboxylic acids is 3. The highest BCUT2D eigenvalue weighted by atomic mass is 32.1. The van der Waals surface area contributed by atoms with E-state index in [1.165, 1.54) is 38.7 Å². The largest absolute Gasteiger partial charge is 0.493 e. The number of fused-ring (bicyclic) bond motifs is 1. The number of carbonyl (C=O) groups is 3. The molecule has 0 bridgehead atoms. The number of aryl methyl sites for hydroxylation is 1. The first-order valence-corrected chi connectivity index (χ1v) is 9.08. The van der Waals surface area contributed by atoms with Gasteiger partial charge in [-0.2, -0.15) is 0 Å². The molecule has 10 nitrogen and oxygen atoms in total. The molecule has 2 heterocycles. The van der Waals surface area contributed by atoms with Gasteiger partial charge in [0, 0.05) is 6.07 Å². The van der Waals surface area contributed by atoms with Crippen molar-refractivity contribution in [3.63, 3.8) is 0 Å². The first kappa shape index (κ1) is 19.5. The summed E-state index contributed by atoms with van der Waals surface area (Å²) in [4.78, 5) is 38.5. The molecule has 1 N–H and O–H groups in total. The fourth-order valence-corrected chi connectivity index (χ4v) is 3.52. The van der Waals surface area contributed by atoms with E-state index in [-0.39, 0.29) is 35.0 Å². The number of amides is 2. The molecule has 0 spiro atoms. The van der Waals surface area contributed by atoms with Crippen LogP contribution in [0.4, 0.5) is 10.8 Å². The first-order chi connectivity index (χ1) is 13.4. The fraction of sp³-hybridized carbons (Fsp3) is 0.353. The number of rotatable bonds is 7. The van der Waals surface area contributed by atoms with Crippen LogP contribution in [0.15, 0.2) is 6.07 Å². The average Bonchev–Trinajstić information content (AvgIpc) is 3.24. The van der Waals surface area contributed by atoms with Gasteiger partial charge in [-0.25, -0.2) is 0 Å². The van der Waals surface area contributed by atoms with Crippen molar-refractivity contribution in [1.82, 2.24) is 10.2 Å². The molecule has 0 aliphatic carbocycles. The summed E-state index contributed by atoms with van der Waals surface area (Å²) in [7, 11) is 4.16. The van der Waals surface area contributed by atoms with Crippen molar-refractivity contribution in [3.05, 3.63) is 16.6 Å². The van der Waals surface area contributed by atoms with Crippen LogP contribution in [0.1, 0.15) is 22.3 Å². The molecule has 0 saturated heterocycles. The maximum absolute atomic E-state index is 12.5. The molecule has 1 aliphatic rings. The molecular formula is C17H18N4O6S. The Hall–Kier alpha value is -3.21. The van der Waals surface area contributed by atoms with Crippen molar-refractivity contribution >= 4 is 39.8 Å². The summed E-state index contributed by atoms with van der Waals surface area (Å²) in [5, 5.41) is 11.5. The van der Waals surface area contributed by atoms with E-state index < -0.39 is 17.6 Å². The number of benzene rings is 1. The lowest BCUT2D eigenvalue weighted by Gasteiger charge is -2.19. The summed E-state index contributed by atoms with van der Waals surface area (Å²) in [6.45, 7) is 1.55. The molecule has 0 fully saturated rings. The first-order valence-electron chi connectivity index (χ1n) is 8.26. The number of ketones is 1. The van der Waals surface area contributed by atoms with E-state index >= 15 is 0 Å². The number of methoxy groups -OCH3 is 3. The van der Waals surface area contributed by atoms with E-state index in [0.29, 0.717) is 11.6 Å². The van der Waals surface area contributed by atoms with Crippen molar-refractivity contribution in [1.29, 1.82) is 0 Å². The van der Waals surface area contributed by atoms with Gasteiger partial charge in [-0.1, -0.05) is 18.3 Å². The predicted octanol–water partition coefficient (Wildman–Crippen LogP) is 1.29. The Balaban J connectivity index is 1.93. The molecule has 0 radical (unpaired) electrons. The zero-order chi connectivity index (χ0) is 20.4. The van der Waals surface area contributed by atoms with Crippen molar-refractivity contribution < 1.29 is 28.6 Å². The molecule has 1 aromatic carbocycles. The van der Waals surface area contributed by atoms with E-state index in [1.807, 2.05) is 6.92 Å². The Morgan fingerprint density at radius 2 is 1.86 bits per heavy atom. The van der Waals surface area contributed by atoms with Gasteiger partial charge in [0.05, 0.1) is 32.6 Å². The minimum absolute atomic E-state index is 0.0298. The van der Waals surface area contributed by atoms with Crippen LogP contribution in [0.5, 0.6) is 17.2 Å². The number of Topliss-reactive ketones (excluding diaryl/α,β-unsaturated/α-hetero) is 1. The highest BCUT2D eigenvalue weighted by Gasteiger charge is 2.42. The molecule has 2 aromatic rings. The van der Waals surface area contributed by atoms with Gasteiger partial charge < -0.3 is 14.2 Å². The molecule has 3 rings (SSSR count). The lowest BCUT2D eigenvalue weighted by molar-refractivity contribution is -0.118. The maximum atomic E-state index is 12.5. The summed E-state index contributed by atoms with van der Waals surface area (Å²) < 4.78 is 15.8. The quantitative estimate of drug-likeness (QED) is 0.683. The Morgan fingerprint density at radius 3 is 2.43 bits per heavy atom. The number of aromatic nitrogens is 2. The molecule has 11 heteroatoms. The van der Waals surface area contributed by atoms with E-state index in [4.69, 9.17) is 14.2 Å². The Morgan fingerprint density at radius 1 is 1.14 bits per heavy atom. The van der Waals surface area contributed by atoms with Crippen LogP contribution in [-0.2, 0) is 16.0 Å². The molecule has 0 saturated carbocycles. The molecule has 28 heavy (non-hydrogen) atoms. The Bertz CT molecular complexity index is 957. The second kappa shape index (κ2) is 7.80. The number of hydrogen-bond donors (Lipinski definition) is 1. The van der Waals surface area contributed by atoms with Gasteiger partial charge in [0.2, 0.25) is 16.8 Å². The zero-order valence-corrected chi connectivity index (χ0v) is 16.5. The summed E-state index contributed by atoms with van der Waals surface area (Å²) in [6.07, 6.45) is 0.696. The van der Waals surface area contributed by atoms with Crippen molar-refractivity contribution in [3.8, 4) is 17.2 Å². The van der Waals surface area contributed by atoms with E-state index in [0.717, 1.165) is 9.91 Å². The predicted molar refractivity (Wildman–Crippen MR) is 101 cm³/mol. The second-order valence-electron chi connectivity index (χ2n) is 5.66. The van der Waals surface area contributed by atoms with Gasteiger partial charge in [-0.05, 0) is 6.42 Å². The van der Waals surface area contributed by atoms with Gasteiger partial charge >= 0.3 is 0 Å². The van der Waals surface area contributed by atoms with E-state index in [9.17, 15) is 14.4 Å². The monoisotopic (exact) mass is 406 g/mol. The van der Waals surface area contributed by atoms with E-state index in [1.54, 1.807) is 0 Å². The third kappa shape index (κ3) is 3.24. The van der Waals surface area contributed by atoms with Gasteiger partial charge in [-0.15, -0.1) is 10.2 Å². The highest BCUT2D eigenvalue weighted by Crippen LogP contribution is 2.47. The van der Waals surface area contributed by atoms with Crippen molar-refractivity contribution in [2.75, 3.05) is 38.1 Å². The fourth-order valence-electron chi connectivity index (χ4n) is 2.82. The average molecular weight is 406 g/mol. The second-order valence-corrected chi connectivity index (χ2v) is 6.72. The molecular weight excluding hydrogens is 388 g/mol. The van der Waals surface area contributed by atoms with Crippen LogP contribution in [0.25, 0.3) is 0 Å². The summed E-state index contributed by atoms with van der Waals surface area (Å²) in [5.74, 6) is -1.61. The van der Waals surface area contributed by atoms with Crippen LogP contribution in [0.3, 0.4) is 0 Å². The molecule has 2 amide bonds.